The van der Waals surface area contributed by atoms with E-state index in [0.29, 0.717) is 26.1 Å². The molecule has 1 amide bonds. The van der Waals surface area contributed by atoms with Crippen LogP contribution >= 0.6 is 0 Å². The Labute approximate surface area is 166 Å². The number of nitrogens with one attached hydrogen (secondary N) is 1. The minimum absolute atomic E-state index is 0.0973. The number of carbonyl (C=O) groups excluding carboxylic acids is 2. The number of methoxy groups -OCH3 is 1. The second kappa shape index (κ2) is 9.42. The van der Waals surface area contributed by atoms with Crippen LogP contribution in [0.5, 0.6) is 0 Å². The molecule has 0 aromatic heterocycles. The van der Waals surface area contributed by atoms with Crippen molar-refractivity contribution in [3.63, 3.8) is 0 Å². The number of ether oxygens (including phenoxy) is 2. The van der Waals surface area contributed by atoms with Crippen molar-refractivity contribution in [2.24, 2.45) is 5.73 Å². The molecule has 3 N–H and O–H groups in total. The van der Waals surface area contributed by atoms with Gasteiger partial charge in [0.05, 0.1) is 20.1 Å². The average Bonchev–Trinajstić information content (AvgIpc) is 3.07. The van der Waals surface area contributed by atoms with Gasteiger partial charge in [0.1, 0.15) is 6.10 Å². The van der Waals surface area contributed by atoms with E-state index in [4.69, 9.17) is 20.6 Å². The lowest BCUT2D eigenvalue weighted by molar-refractivity contribution is -0.141. The molecule has 0 aliphatic carbocycles. The third kappa shape index (κ3) is 5.26. The predicted molar refractivity (Wildman–Crippen MR) is 103 cm³/mol. The van der Waals surface area contributed by atoms with Crippen molar-refractivity contribution in [2.45, 2.75) is 31.4 Å². The summed E-state index contributed by atoms with van der Waals surface area (Å²) in [5.74, 6) is -0.0689. The lowest BCUT2D eigenvalue weighted by Crippen LogP contribution is -2.50. The monoisotopic (exact) mass is 396 g/mol. The molecule has 3 aliphatic heterocycles. The zero-order valence-electron chi connectivity index (χ0n) is 16.6. The van der Waals surface area contributed by atoms with Crippen LogP contribution in [0.25, 0.3) is 0 Å². The SMILES string of the molecule is COC(=O)CCN1CCN(CC2CN(C3CCN(C(=N)N)CC3)C(=O)O2)CC1. The second-order valence-corrected chi connectivity index (χ2v) is 7.73. The number of cyclic esters (lactones) is 1. The maximum absolute atomic E-state index is 12.3. The summed E-state index contributed by atoms with van der Waals surface area (Å²) in [6.07, 6.45) is 1.75. The summed E-state index contributed by atoms with van der Waals surface area (Å²) in [6.45, 7) is 7.16. The Bertz CT molecular complexity index is 572. The number of carbonyl (C=O) groups is 2. The molecule has 10 nitrogen and oxygen atoms in total. The molecule has 1 unspecified atom stereocenters. The number of piperazine rings is 1. The van der Waals surface area contributed by atoms with Gasteiger partial charge in [-0.1, -0.05) is 0 Å². The van der Waals surface area contributed by atoms with Gasteiger partial charge in [-0.15, -0.1) is 0 Å². The van der Waals surface area contributed by atoms with E-state index in [9.17, 15) is 9.59 Å². The van der Waals surface area contributed by atoms with Crippen LogP contribution in [0, 0.1) is 5.41 Å². The van der Waals surface area contributed by atoms with Gasteiger partial charge in [0.2, 0.25) is 0 Å². The summed E-state index contributed by atoms with van der Waals surface area (Å²) >= 11 is 0. The van der Waals surface area contributed by atoms with E-state index < -0.39 is 0 Å². The molecular weight excluding hydrogens is 364 g/mol. The third-order valence-corrected chi connectivity index (χ3v) is 5.93. The van der Waals surface area contributed by atoms with Crippen molar-refractivity contribution < 1.29 is 19.1 Å². The number of rotatable bonds is 6. The Kier molecular flexibility index (Phi) is 6.95. The van der Waals surface area contributed by atoms with Crippen molar-refractivity contribution in [2.75, 3.05) is 66.0 Å². The molecule has 0 spiro atoms. The van der Waals surface area contributed by atoms with Crippen molar-refractivity contribution >= 4 is 18.0 Å². The van der Waals surface area contributed by atoms with Crippen LogP contribution in [0.2, 0.25) is 0 Å². The van der Waals surface area contributed by atoms with E-state index in [-0.39, 0.29) is 30.2 Å². The van der Waals surface area contributed by atoms with Crippen LogP contribution < -0.4 is 5.73 Å². The van der Waals surface area contributed by atoms with Crippen molar-refractivity contribution in [1.82, 2.24) is 19.6 Å². The number of likely N-dealkylation sites (tertiary alicyclic amines) is 1. The highest BCUT2D eigenvalue weighted by atomic mass is 16.6. The van der Waals surface area contributed by atoms with Gasteiger partial charge in [-0.05, 0) is 12.8 Å². The first-order valence-corrected chi connectivity index (χ1v) is 10.0. The van der Waals surface area contributed by atoms with E-state index in [1.165, 1.54) is 7.11 Å². The Hall–Kier alpha value is -2.07. The number of nitrogens with two attached hydrogens (primary N) is 1. The van der Waals surface area contributed by atoms with Gasteiger partial charge in [-0.25, -0.2) is 4.79 Å². The Balaban J connectivity index is 1.38. The largest absolute Gasteiger partial charge is 0.469 e. The molecule has 28 heavy (non-hydrogen) atoms. The van der Waals surface area contributed by atoms with Crippen molar-refractivity contribution in [3.8, 4) is 0 Å². The summed E-state index contributed by atoms with van der Waals surface area (Å²) in [4.78, 5) is 31.9. The quantitative estimate of drug-likeness (QED) is 0.346. The molecule has 3 saturated heterocycles. The third-order valence-electron chi connectivity index (χ3n) is 5.93. The molecule has 158 valence electrons. The summed E-state index contributed by atoms with van der Waals surface area (Å²) in [7, 11) is 1.42. The zero-order chi connectivity index (χ0) is 20.1. The molecule has 3 heterocycles. The van der Waals surface area contributed by atoms with Gasteiger partial charge >= 0.3 is 12.1 Å². The second-order valence-electron chi connectivity index (χ2n) is 7.73. The standard InChI is InChI=1S/C18H32N6O4/c1-27-16(25)4-5-21-8-10-22(11-9-21)12-15-13-24(18(26)28-15)14-2-6-23(7-3-14)17(19)20/h14-15H,2-13H2,1H3,(H3,19,20). The smallest absolute Gasteiger partial charge is 0.410 e. The molecule has 3 fully saturated rings. The van der Waals surface area contributed by atoms with E-state index in [2.05, 4.69) is 9.80 Å². The van der Waals surface area contributed by atoms with Crippen LogP contribution in [0.15, 0.2) is 0 Å². The van der Waals surface area contributed by atoms with Gasteiger partial charge in [0.15, 0.2) is 5.96 Å². The number of piperidine rings is 1. The Morgan fingerprint density at radius 3 is 2.43 bits per heavy atom. The van der Waals surface area contributed by atoms with E-state index in [0.717, 1.165) is 52.1 Å². The number of hydrogen-bond donors (Lipinski definition) is 2. The molecule has 10 heteroatoms. The van der Waals surface area contributed by atoms with Gasteiger partial charge in [0, 0.05) is 58.4 Å². The summed E-state index contributed by atoms with van der Waals surface area (Å²) in [5.41, 5.74) is 5.54. The topological polar surface area (TPSA) is 115 Å². The molecule has 1 atom stereocenters. The van der Waals surface area contributed by atoms with Gasteiger partial charge < -0.3 is 29.9 Å². The lowest BCUT2D eigenvalue weighted by atomic mass is 10.0. The fourth-order valence-electron chi connectivity index (χ4n) is 4.19. The fourth-order valence-corrected chi connectivity index (χ4v) is 4.19. The number of amides is 1. The number of esters is 1. The van der Waals surface area contributed by atoms with Crippen molar-refractivity contribution in [3.05, 3.63) is 0 Å². The first kappa shape index (κ1) is 20.7. The molecule has 3 aliphatic rings. The summed E-state index contributed by atoms with van der Waals surface area (Å²) in [5, 5.41) is 7.52. The highest BCUT2D eigenvalue weighted by Crippen LogP contribution is 2.23. The molecule has 3 rings (SSSR count). The van der Waals surface area contributed by atoms with Crippen LogP contribution in [0.3, 0.4) is 0 Å². The zero-order valence-corrected chi connectivity index (χ0v) is 16.6. The van der Waals surface area contributed by atoms with E-state index in [1.807, 2.05) is 9.80 Å². The van der Waals surface area contributed by atoms with Crippen molar-refractivity contribution in [1.29, 1.82) is 5.41 Å². The Morgan fingerprint density at radius 2 is 1.82 bits per heavy atom. The normalized spacial score (nSPS) is 25.0. The Morgan fingerprint density at radius 1 is 1.18 bits per heavy atom. The highest BCUT2D eigenvalue weighted by Gasteiger charge is 2.38. The average molecular weight is 396 g/mol. The van der Waals surface area contributed by atoms with E-state index in [1.54, 1.807) is 0 Å². The van der Waals surface area contributed by atoms with Crippen LogP contribution in [0.1, 0.15) is 19.3 Å². The minimum atomic E-state index is -0.219. The first-order chi connectivity index (χ1) is 13.5. The number of hydrogen-bond acceptors (Lipinski definition) is 7. The summed E-state index contributed by atoms with van der Waals surface area (Å²) in [6, 6.07) is 0.170. The molecule has 0 saturated carbocycles. The minimum Gasteiger partial charge on any atom is -0.469 e. The van der Waals surface area contributed by atoms with Gasteiger partial charge in [-0.2, -0.15) is 0 Å². The number of nitrogens with zero attached hydrogens (tertiary/aromatic N) is 4. The van der Waals surface area contributed by atoms with Gasteiger partial charge in [-0.3, -0.25) is 15.1 Å². The van der Waals surface area contributed by atoms with Crippen LogP contribution in [0.4, 0.5) is 4.79 Å². The maximum atomic E-state index is 12.3. The maximum Gasteiger partial charge on any atom is 0.410 e. The molecule has 0 bridgehead atoms. The molecule has 0 aromatic rings. The number of guanidine groups is 1. The molecule has 0 radical (unpaired) electrons. The lowest BCUT2D eigenvalue weighted by Gasteiger charge is -2.36. The molecular formula is C18H32N6O4. The van der Waals surface area contributed by atoms with E-state index >= 15 is 0 Å². The van der Waals surface area contributed by atoms with Gasteiger partial charge in [0.25, 0.3) is 0 Å². The highest BCUT2D eigenvalue weighted by molar-refractivity contribution is 5.75. The predicted octanol–water partition coefficient (Wildman–Crippen LogP) is -0.654. The fraction of sp³-hybridized carbons (Fsp3) is 0.833. The first-order valence-electron chi connectivity index (χ1n) is 10.0. The summed E-state index contributed by atoms with van der Waals surface area (Å²) < 4.78 is 10.3. The van der Waals surface area contributed by atoms with Crippen LogP contribution in [-0.4, -0.2) is 116 Å². The van der Waals surface area contributed by atoms with Crippen LogP contribution in [-0.2, 0) is 14.3 Å². The molecule has 0 aromatic carbocycles.